The Labute approximate surface area is 186 Å². The molecule has 1 amide bonds. The number of carbonyl (C=O) groups is 1. The third kappa shape index (κ3) is 4.90. The van der Waals surface area contributed by atoms with Crippen LogP contribution in [0, 0.1) is 0 Å². The van der Waals surface area contributed by atoms with E-state index in [9.17, 15) is 13.2 Å². The monoisotopic (exact) mass is 447 g/mol. The molecule has 0 unspecified atom stereocenters. The largest absolute Gasteiger partial charge is 0.457 e. The lowest BCUT2D eigenvalue weighted by atomic mass is 10.2. The minimum atomic E-state index is -3.56. The molecule has 0 bridgehead atoms. The van der Waals surface area contributed by atoms with Gasteiger partial charge in [-0.05, 0) is 60.7 Å². The van der Waals surface area contributed by atoms with Crippen molar-refractivity contribution in [1.82, 2.24) is 0 Å². The summed E-state index contributed by atoms with van der Waals surface area (Å²) < 4.78 is 36.4. The topological polar surface area (TPSA) is 76.8 Å². The molecule has 1 heterocycles. The highest BCUT2D eigenvalue weighted by Gasteiger charge is 2.21. The van der Waals surface area contributed by atoms with Crippen molar-refractivity contribution >= 4 is 21.4 Å². The highest BCUT2D eigenvalue weighted by atomic mass is 32.2. The molecule has 0 aliphatic heterocycles. The summed E-state index contributed by atoms with van der Waals surface area (Å²) in [7, 11) is -1.94. The summed E-state index contributed by atoms with van der Waals surface area (Å²) in [6, 6.07) is 27.6. The fraction of sp³-hybridized carbons (Fsp3) is 0.0800. The summed E-state index contributed by atoms with van der Waals surface area (Å²) in [4.78, 5) is 14.5. The molecule has 7 heteroatoms. The van der Waals surface area contributed by atoms with Crippen molar-refractivity contribution in [3.63, 3.8) is 0 Å². The number of nitrogens with zero attached hydrogens (tertiary/aromatic N) is 1. The zero-order valence-corrected chi connectivity index (χ0v) is 18.2. The lowest BCUT2D eigenvalue weighted by Crippen LogP contribution is -2.25. The molecule has 0 spiro atoms. The summed E-state index contributed by atoms with van der Waals surface area (Å²) >= 11 is 0. The highest BCUT2D eigenvalue weighted by molar-refractivity contribution is 7.90. The van der Waals surface area contributed by atoms with Gasteiger partial charge in [-0.3, -0.25) is 4.79 Å². The van der Waals surface area contributed by atoms with Crippen molar-refractivity contribution in [2.45, 2.75) is 10.6 Å². The van der Waals surface area contributed by atoms with Gasteiger partial charge in [0.15, 0.2) is 15.6 Å². The fourth-order valence-corrected chi connectivity index (χ4v) is 4.38. The van der Waals surface area contributed by atoms with Crippen molar-refractivity contribution in [2.75, 3.05) is 11.9 Å². The Morgan fingerprint density at radius 3 is 2.06 bits per heavy atom. The van der Waals surface area contributed by atoms with Gasteiger partial charge in [-0.2, -0.15) is 0 Å². The van der Waals surface area contributed by atoms with Crippen LogP contribution in [0.4, 0.5) is 5.69 Å². The van der Waals surface area contributed by atoms with Gasteiger partial charge in [0.2, 0.25) is 0 Å². The smallest absolute Gasteiger partial charge is 0.293 e. The Morgan fingerprint density at radius 1 is 0.812 bits per heavy atom. The average molecular weight is 448 g/mol. The van der Waals surface area contributed by atoms with Crippen LogP contribution in [0.15, 0.2) is 106 Å². The van der Waals surface area contributed by atoms with E-state index in [2.05, 4.69) is 0 Å². The van der Waals surface area contributed by atoms with Crippen LogP contribution in [0.2, 0.25) is 0 Å². The molecule has 3 aromatic carbocycles. The number of carbonyl (C=O) groups excluding carboxylic acids is 1. The predicted octanol–water partition coefficient (Wildman–Crippen LogP) is 5.32. The molecule has 1 aromatic heterocycles. The molecule has 4 rings (SSSR count). The molecule has 0 saturated carbocycles. The standard InChI is InChI=1S/C25H21NO5S/c1-26(19-12-14-21(15-13-19)30-20-8-4-2-5-9-20)25(27)24-17-16-22(31-24)18-32(28,29)23-10-6-3-7-11-23/h2-17H,18H2,1H3. The molecular weight excluding hydrogens is 426 g/mol. The van der Waals surface area contributed by atoms with E-state index in [1.165, 1.54) is 29.2 Å². The molecular formula is C25H21NO5S. The van der Waals surface area contributed by atoms with Crippen LogP contribution in [0.3, 0.4) is 0 Å². The number of ether oxygens (including phenoxy) is 1. The second-order valence-electron chi connectivity index (χ2n) is 7.11. The van der Waals surface area contributed by atoms with Gasteiger partial charge in [0, 0.05) is 12.7 Å². The maximum atomic E-state index is 12.8. The van der Waals surface area contributed by atoms with Gasteiger partial charge in [-0.15, -0.1) is 0 Å². The summed E-state index contributed by atoms with van der Waals surface area (Å²) in [6.45, 7) is 0. The number of hydrogen-bond donors (Lipinski definition) is 0. The minimum Gasteiger partial charge on any atom is -0.457 e. The molecule has 162 valence electrons. The molecule has 0 atom stereocenters. The maximum Gasteiger partial charge on any atom is 0.293 e. The minimum absolute atomic E-state index is 0.0652. The second kappa shape index (κ2) is 9.11. The SMILES string of the molecule is CN(C(=O)c1ccc(CS(=O)(=O)c2ccccc2)o1)c1ccc(Oc2ccccc2)cc1. The van der Waals surface area contributed by atoms with Crippen molar-refractivity contribution in [3.8, 4) is 11.5 Å². The number of furan rings is 1. The Bertz CT molecular complexity index is 1300. The Kier molecular flexibility index (Phi) is 6.09. The average Bonchev–Trinajstić information content (AvgIpc) is 3.27. The molecule has 0 aliphatic rings. The van der Waals surface area contributed by atoms with Crippen molar-refractivity contribution in [3.05, 3.63) is 109 Å². The van der Waals surface area contributed by atoms with E-state index in [0.717, 1.165) is 5.75 Å². The number of anilines is 1. The molecule has 32 heavy (non-hydrogen) atoms. The highest BCUT2D eigenvalue weighted by Crippen LogP contribution is 2.25. The van der Waals surface area contributed by atoms with Crippen LogP contribution >= 0.6 is 0 Å². The number of sulfone groups is 1. The molecule has 4 aromatic rings. The number of rotatable bonds is 7. The van der Waals surface area contributed by atoms with Gasteiger partial charge in [0.25, 0.3) is 5.91 Å². The lowest BCUT2D eigenvalue weighted by Gasteiger charge is -2.16. The molecule has 0 fully saturated rings. The molecule has 6 nitrogen and oxygen atoms in total. The first kappa shape index (κ1) is 21.4. The summed E-state index contributed by atoms with van der Waals surface area (Å²) in [5.74, 6) is 0.933. The quantitative estimate of drug-likeness (QED) is 0.383. The summed E-state index contributed by atoms with van der Waals surface area (Å²) in [6.07, 6.45) is 0. The molecule has 0 N–H and O–H groups in total. The molecule has 0 radical (unpaired) electrons. The van der Waals surface area contributed by atoms with Crippen LogP contribution in [0.5, 0.6) is 11.5 Å². The van der Waals surface area contributed by atoms with Gasteiger partial charge in [-0.1, -0.05) is 36.4 Å². The first-order chi connectivity index (χ1) is 15.4. The number of benzene rings is 3. The predicted molar refractivity (Wildman–Crippen MR) is 122 cm³/mol. The third-order valence-electron chi connectivity index (χ3n) is 4.81. The number of amides is 1. The van der Waals surface area contributed by atoms with E-state index in [-0.39, 0.29) is 28.1 Å². The van der Waals surface area contributed by atoms with Gasteiger partial charge >= 0.3 is 0 Å². The van der Waals surface area contributed by atoms with E-state index >= 15 is 0 Å². The Hall–Kier alpha value is -3.84. The number of hydrogen-bond acceptors (Lipinski definition) is 5. The van der Waals surface area contributed by atoms with Crippen molar-refractivity contribution < 1.29 is 22.4 Å². The van der Waals surface area contributed by atoms with E-state index in [0.29, 0.717) is 11.4 Å². The van der Waals surface area contributed by atoms with Crippen LogP contribution in [0.1, 0.15) is 16.3 Å². The Morgan fingerprint density at radius 2 is 1.41 bits per heavy atom. The molecule has 0 aliphatic carbocycles. The number of para-hydroxylation sites is 1. The fourth-order valence-electron chi connectivity index (χ4n) is 3.11. The second-order valence-corrected chi connectivity index (χ2v) is 9.10. The van der Waals surface area contributed by atoms with Crippen molar-refractivity contribution in [1.29, 1.82) is 0 Å². The van der Waals surface area contributed by atoms with E-state index in [1.807, 2.05) is 30.3 Å². The van der Waals surface area contributed by atoms with E-state index in [4.69, 9.17) is 9.15 Å². The van der Waals surface area contributed by atoms with E-state index < -0.39 is 9.84 Å². The van der Waals surface area contributed by atoms with Crippen LogP contribution in [0.25, 0.3) is 0 Å². The van der Waals surface area contributed by atoms with Gasteiger partial charge in [0.05, 0.1) is 4.90 Å². The van der Waals surface area contributed by atoms with Crippen LogP contribution < -0.4 is 9.64 Å². The van der Waals surface area contributed by atoms with E-state index in [1.54, 1.807) is 49.5 Å². The maximum absolute atomic E-state index is 12.8. The summed E-state index contributed by atoms with van der Waals surface area (Å²) in [5.41, 5.74) is 0.644. The zero-order chi connectivity index (χ0) is 22.6. The first-order valence-corrected chi connectivity index (χ1v) is 11.6. The first-order valence-electron chi connectivity index (χ1n) is 9.90. The normalized spacial score (nSPS) is 11.2. The van der Waals surface area contributed by atoms with Crippen molar-refractivity contribution in [2.24, 2.45) is 0 Å². The van der Waals surface area contributed by atoms with Crippen LogP contribution in [-0.2, 0) is 15.6 Å². The van der Waals surface area contributed by atoms with Gasteiger partial charge < -0.3 is 14.1 Å². The third-order valence-corrected chi connectivity index (χ3v) is 6.47. The lowest BCUT2D eigenvalue weighted by molar-refractivity contribution is 0.0965. The summed E-state index contributed by atoms with van der Waals surface area (Å²) in [5, 5.41) is 0. The Balaban J connectivity index is 1.44. The molecule has 0 saturated heterocycles. The zero-order valence-electron chi connectivity index (χ0n) is 17.3. The van der Waals surface area contributed by atoms with Gasteiger partial charge in [0.1, 0.15) is 23.0 Å². The van der Waals surface area contributed by atoms with Crippen LogP contribution in [-0.4, -0.2) is 21.4 Å². The van der Waals surface area contributed by atoms with Gasteiger partial charge in [-0.25, -0.2) is 8.42 Å².